The van der Waals surface area contributed by atoms with Crippen LogP contribution in [0.15, 0.2) is 42.5 Å². The topological polar surface area (TPSA) is 24.1 Å². The molecule has 22 heavy (non-hydrogen) atoms. The molecular formula is C19H24N2S. The van der Waals surface area contributed by atoms with Gasteiger partial charge in [0.25, 0.3) is 0 Å². The molecular weight excluding hydrogens is 288 g/mol. The second-order valence-electron chi connectivity index (χ2n) is 6.73. The molecule has 2 aromatic rings. The summed E-state index contributed by atoms with van der Waals surface area (Å²) >= 11 is 1.64. The van der Waals surface area contributed by atoms with E-state index in [1.54, 1.807) is 11.9 Å². The van der Waals surface area contributed by atoms with Crippen LogP contribution in [0, 0.1) is 6.92 Å². The fourth-order valence-corrected chi connectivity index (χ4v) is 3.80. The molecule has 2 nitrogen and oxygen atoms in total. The molecule has 0 saturated carbocycles. The minimum Gasteiger partial charge on any atom is -0.378 e. The molecule has 2 N–H and O–H groups in total. The number of rotatable bonds is 3. The molecule has 0 spiro atoms. The summed E-state index contributed by atoms with van der Waals surface area (Å²) in [6.07, 6.45) is 3.16. The Morgan fingerprint density at radius 1 is 1.18 bits per heavy atom. The summed E-state index contributed by atoms with van der Waals surface area (Å²) in [4.78, 5) is 0. The molecule has 116 valence electrons. The predicted octanol–water partition coefficient (Wildman–Crippen LogP) is 5.52. The Morgan fingerprint density at radius 3 is 2.73 bits per heavy atom. The Bertz CT molecular complexity index is 679. The van der Waals surface area contributed by atoms with E-state index in [4.69, 9.17) is 0 Å². The van der Waals surface area contributed by atoms with Gasteiger partial charge in [-0.15, -0.1) is 0 Å². The van der Waals surface area contributed by atoms with Gasteiger partial charge in [-0.1, -0.05) is 61.7 Å². The first-order valence-corrected chi connectivity index (χ1v) is 8.99. The highest BCUT2D eigenvalue weighted by molar-refractivity contribution is 7.99. The Morgan fingerprint density at radius 2 is 1.95 bits per heavy atom. The molecule has 0 radical (unpaired) electrons. The lowest BCUT2D eigenvalue weighted by Gasteiger charge is -2.39. The molecule has 1 aliphatic heterocycles. The number of para-hydroxylation sites is 1. The molecule has 1 unspecified atom stereocenters. The van der Waals surface area contributed by atoms with Crippen LogP contribution in [0.4, 0.5) is 11.4 Å². The average Bonchev–Trinajstić information content (AvgIpc) is 2.48. The maximum absolute atomic E-state index is 3.75. The summed E-state index contributed by atoms with van der Waals surface area (Å²) in [6.45, 7) is 6.87. The number of anilines is 2. The largest absolute Gasteiger partial charge is 0.378 e. The van der Waals surface area contributed by atoms with Crippen LogP contribution in [-0.2, 0) is 5.41 Å². The van der Waals surface area contributed by atoms with Crippen molar-refractivity contribution in [3.05, 3.63) is 59.2 Å². The molecule has 3 heteroatoms. The van der Waals surface area contributed by atoms with E-state index in [0.29, 0.717) is 6.04 Å². The molecule has 0 amide bonds. The van der Waals surface area contributed by atoms with Crippen LogP contribution < -0.4 is 10.0 Å². The Kier molecular flexibility index (Phi) is 4.09. The van der Waals surface area contributed by atoms with Gasteiger partial charge in [0.15, 0.2) is 0 Å². The van der Waals surface area contributed by atoms with Crippen molar-refractivity contribution < 1.29 is 0 Å². The first-order chi connectivity index (χ1) is 10.5. The van der Waals surface area contributed by atoms with Crippen molar-refractivity contribution in [2.45, 2.75) is 38.6 Å². The summed E-state index contributed by atoms with van der Waals surface area (Å²) in [7, 11) is 0. The monoisotopic (exact) mass is 312 g/mol. The van der Waals surface area contributed by atoms with Gasteiger partial charge < -0.3 is 10.0 Å². The lowest BCUT2D eigenvalue weighted by Crippen LogP contribution is -2.31. The normalized spacial score (nSPS) is 19.2. The number of hydrogen-bond donors (Lipinski definition) is 2. The van der Waals surface area contributed by atoms with Crippen LogP contribution in [0.1, 0.15) is 43.0 Å². The third-order valence-corrected chi connectivity index (χ3v) is 4.92. The maximum atomic E-state index is 3.75. The highest BCUT2D eigenvalue weighted by Crippen LogP contribution is 2.45. The molecule has 0 saturated heterocycles. The zero-order chi connectivity index (χ0) is 15.7. The number of aryl methyl sites for hydroxylation is 1. The Balaban J connectivity index is 2.00. The van der Waals surface area contributed by atoms with Crippen LogP contribution in [0.5, 0.6) is 0 Å². The van der Waals surface area contributed by atoms with E-state index in [0.717, 1.165) is 6.42 Å². The van der Waals surface area contributed by atoms with E-state index in [1.807, 2.05) is 0 Å². The van der Waals surface area contributed by atoms with Gasteiger partial charge in [0, 0.05) is 17.6 Å². The molecule has 1 heterocycles. The standard InChI is InChI=1S/C19H24N2S/c1-13-9-10-17-15(11-13)19(2,3)12-18(20-17)14-7-5-6-8-16(14)21-22-4/h5-11,18,20-21H,12H2,1-4H3. The molecule has 2 aromatic carbocycles. The Labute approximate surface area is 137 Å². The van der Waals surface area contributed by atoms with Crippen LogP contribution in [0.3, 0.4) is 0 Å². The van der Waals surface area contributed by atoms with E-state index in [1.165, 1.54) is 28.1 Å². The molecule has 0 aromatic heterocycles. The predicted molar refractivity (Wildman–Crippen MR) is 98.8 cm³/mol. The number of fused-ring (bicyclic) bond motifs is 1. The molecule has 0 bridgehead atoms. The van der Waals surface area contributed by atoms with E-state index in [9.17, 15) is 0 Å². The van der Waals surface area contributed by atoms with Crippen LogP contribution in [0.2, 0.25) is 0 Å². The van der Waals surface area contributed by atoms with Gasteiger partial charge in [-0.2, -0.15) is 0 Å². The minimum absolute atomic E-state index is 0.170. The third-order valence-electron chi connectivity index (χ3n) is 4.50. The minimum atomic E-state index is 0.170. The quantitative estimate of drug-likeness (QED) is 0.730. The van der Waals surface area contributed by atoms with Crippen molar-refractivity contribution >= 4 is 23.3 Å². The van der Waals surface area contributed by atoms with Crippen molar-refractivity contribution in [3.63, 3.8) is 0 Å². The van der Waals surface area contributed by atoms with Crippen LogP contribution >= 0.6 is 11.9 Å². The van der Waals surface area contributed by atoms with Gasteiger partial charge in [-0.25, -0.2) is 0 Å². The average molecular weight is 312 g/mol. The van der Waals surface area contributed by atoms with E-state index in [-0.39, 0.29) is 5.41 Å². The van der Waals surface area contributed by atoms with Crippen molar-refractivity contribution in [3.8, 4) is 0 Å². The van der Waals surface area contributed by atoms with E-state index >= 15 is 0 Å². The van der Waals surface area contributed by atoms with Crippen LogP contribution in [0.25, 0.3) is 0 Å². The SMILES string of the molecule is CSNc1ccccc1C1CC(C)(C)c2cc(C)ccc2N1. The maximum Gasteiger partial charge on any atom is 0.0542 e. The highest BCUT2D eigenvalue weighted by atomic mass is 32.2. The van der Waals surface area contributed by atoms with Gasteiger partial charge in [0.2, 0.25) is 0 Å². The Hall–Kier alpha value is -1.61. The van der Waals surface area contributed by atoms with Crippen molar-refractivity contribution in [2.75, 3.05) is 16.3 Å². The van der Waals surface area contributed by atoms with Crippen molar-refractivity contribution in [1.29, 1.82) is 0 Å². The summed E-state index contributed by atoms with van der Waals surface area (Å²) < 4.78 is 3.41. The molecule has 1 atom stereocenters. The van der Waals surface area contributed by atoms with Gasteiger partial charge >= 0.3 is 0 Å². The zero-order valence-corrected chi connectivity index (χ0v) is 14.6. The lowest BCUT2D eigenvalue weighted by atomic mass is 9.73. The van der Waals surface area contributed by atoms with Gasteiger partial charge in [-0.05, 0) is 42.0 Å². The van der Waals surface area contributed by atoms with Gasteiger partial charge in [0.1, 0.15) is 0 Å². The van der Waals surface area contributed by atoms with Gasteiger partial charge in [-0.3, -0.25) is 0 Å². The third kappa shape index (κ3) is 2.82. The van der Waals surface area contributed by atoms with Gasteiger partial charge in [0.05, 0.1) is 6.04 Å². The van der Waals surface area contributed by atoms with E-state index < -0.39 is 0 Å². The second kappa shape index (κ2) is 5.88. The fraction of sp³-hybridized carbons (Fsp3) is 0.368. The summed E-state index contributed by atoms with van der Waals surface area (Å²) in [5, 5.41) is 3.75. The summed E-state index contributed by atoms with van der Waals surface area (Å²) in [6, 6.07) is 15.7. The molecule has 0 fully saturated rings. The smallest absolute Gasteiger partial charge is 0.0542 e. The number of nitrogens with one attached hydrogen (secondary N) is 2. The van der Waals surface area contributed by atoms with Crippen molar-refractivity contribution in [2.24, 2.45) is 0 Å². The highest BCUT2D eigenvalue weighted by Gasteiger charge is 2.34. The first-order valence-electron chi connectivity index (χ1n) is 7.77. The summed E-state index contributed by atoms with van der Waals surface area (Å²) in [5.41, 5.74) is 6.75. The second-order valence-corrected chi connectivity index (χ2v) is 7.34. The zero-order valence-electron chi connectivity index (χ0n) is 13.7. The number of hydrogen-bond acceptors (Lipinski definition) is 3. The fourth-order valence-electron chi connectivity index (χ4n) is 3.39. The molecule has 1 aliphatic rings. The van der Waals surface area contributed by atoms with E-state index in [2.05, 4.69) is 79.5 Å². The molecule has 3 rings (SSSR count). The lowest BCUT2D eigenvalue weighted by molar-refractivity contribution is 0.427. The van der Waals surface area contributed by atoms with Crippen molar-refractivity contribution in [1.82, 2.24) is 0 Å². The summed E-state index contributed by atoms with van der Waals surface area (Å²) in [5.74, 6) is 0. The van der Waals surface area contributed by atoms with Crippen LogP contribution in [-0.4, -0.2) is 6.26 Å². The molecule has 0 aliphatic carbocycles. The first kappa shape index (κ1) is 15.3. The number of benzene rings is 2.